The zero-order valence-electron chi connectivity index (χ0n) is 11.7. The molecule has 1 aromatic carbocycles. The van der Waals surface area contributed by atoms with Gasteiger partial charge in [-0.3, -0.25) is 9.69 Å². The summed E-state index contributed by atoms with van der Waals surface area (Å²) in [6, 6.07) is 13.7. The molecule has 0 radical (unpaired) electrons. The molecule has 106 valence electrons. The van der Waals surface area contributed by atoms with Gasteiger partial charge in [-0.15, -0.1) is 11.3 Å². The first-order valence-electron chi connectivity index (χ1n) is 7.06. The van der Waals surface area contributed by atoms with Gasteiger partial charge < -0.3 is 0 Å². The highest BCUT2D eigenvalue weighted by atomic mass is 32.1. The molecule has 1 fully saturated rings. The van der Waals surface area contributed by atoms with E-state index in [-0.39, 0.29) is 5.78 Å². The maximum absolute atomic E-state index is 12.4. The van der Waals surface area contributed by atoms with Crippen LogP contribution in [0, 0.1) is 11.3 Å². The first kappa shape index (κ1) is 14.0. The molecule has 0 bridgehead atoms. The molecule has 3 nitrogen and oxygen atoms in total. The summed E-state index contributed by atoms with van der Waals surface area (Å²) in [5, 5.41) is 10.9. The number of benzene rings is 1. The van der Waals surface area contributed by atoms with Crippen LogP contribution >= 0.6 is 11.3 Å². The molecular formula is C17H16N2OS. The molecule has 0 amide bonds. The molecule has 0 aliphatic heterocycles. The molecule has 1 saturated carbocycles. The van der Waals surface area contributed by atoms with Crippen LogP contribution in [0.2, 0.25) is 0 Å². The van der Waals surface area contributed by atoms with E-state index in [4.69, 9.17) is 5.26 Å². The Balaban J connectivity index is 1.67. The molecule has 3 rings (SSSR count). The number of nitriles is 1. The molecule has 1 aliphatic carbocycles. The molecule has 0 N–H and O–H groups in total. The number of rotatable bonds is 6. The van der Waals surface area contributed by atoms with Crippen molar-refractivity contribution < 1.29 is 4.79 Å². The van der Waals surface area contributed by atoms with Crippen molar-refractivity contribution in [1.82, 2.24) is 4.90 Å². The number of hydrogen-bond donors (Lipinski definition) is 0. The van der Waals surface area contributed by atoms with Gasteiger partial charge in [-0.05, 0) is 36.4 Å². The van der Waals surface area contributed by atoms with Crippen molar-refractivity contribution in [3.05, 3.63) is 57.8 Å². The van der Waals surface area contributed by atoms with Crippen LogP contribution in [0.1, 0.15) is 33.6 Å². The maximum Gasteiger partial charge on any atom is 0.176 e. The van der Waals surface area contributed by atoms with E-state index in [2.05, 4.69) is 22.4 Å². The lowest BCUT2D eigenvalue weighted by Crippen LogP contribution is -2.31. The number of Topliss-reactive ketones (excluding diaryl/α,β-unsaturated/α-hetero) is 1. The molecule has 1 heterocycles. The Bertz CT molecular complexity index is 651. The van der Waals surface area contributed by atoms with E-state index in [9.17, 15) is 4.79 Å². The van der Waals surface area contributed by atoms with Crippen molar-refractivity contribution in [2.75, 3.05) is 6.54 Å². The quantitative estimate of drug-likeness (QED) is 0.767. The smallest absolute Gasteiger partial charge is 0.176 e. The summed E-state index contributed by atoms with van der Waals surface area (Å²) in [5.74, 6) is 0.128. The molecule has 1 aliphatic rings. The van der Waals surface area contributed by atoms with E-state index in [1.54, 1.807) is 35.6 Å². The summed E-state index contributed by atoms with van der Waals surface area (Å²) < 4.78 is 0. The number of ketones is 1. The lowest BCUT2D eigenvalue weighted by Gasteiger charge is -2.20. The van der Waals surface area contributed by atoms with Crippen molar-refractivity contribution in [2.45, 2.75) is 25.4 Å². The first-order chi connectivity index (χ1) is 10.3. The highest BCUT2D eigenvalue weighted by Crippen LogP contribution is 2.29. The van der Waals surface area contributed by atoms with Gasteiger partial charge in [0, 0.05) is 23.0 Å². The molecule has 21 heavy (non-hydrogen) atoms. The zero-order valence-corrected chi connectivity index (χ0v) is 12.5. The number of nitrogens with zero attached hydrogens (tertiary/aromatic N) is 2. The van der Waals surface area contributed by atoms with E-state index in [1.165, 1.54) is 17.7 Å². The normalized spacial score (nSPS) is 14.1. The monoisotopic (exact) mass is 296 g/mol. The highest BCUT2D eigenvalue weighted by molar-refractivity contribution is 7.09. The fourth-order valence-corrected chi connectivity index (χ4v) is 3.09. The first-order valence-corrected chi connectivity index (χ1v) is 7.94. The molecule has 0 atom stereocenters. The van der Waals surface area contributed by atoms with Gasteiger partial charge in [0.05, 0.1) is 18.2 Å². The second-order valence-electron chi connectivity index (χ2n) is 5.33. The Morgan fingerprint density at radius 1 is 1.29 bits per heavy atom. The topological polar surface area (TPSA) is 44.1 Å². The van der Waals surface area contributed by atoms with Crippen LogP contribution < -0.4 is 0 Å². The minimum absolute atomic E-state index is 0.128. The summed E-state index contributed by atoms with van der Waals surface area (Å²) in [4.78, 5) is 16.0. The Morgan fingerprint density at radius 3 is 2.62 bits per heavy atom. The average molecular weight is 296 g/mol. The summed E-state index contributed by atoms with van der Waals surface area (Å²) >= 11 is 1.74. The van der Waals surface area contributed by atoms with E-state index >= 15 is 0 Å². The van der Waals surface area contributed by atoms with Crippen LogP contribution in [0.3, 0.4) is 0 Å². The lowest BCUT2D eigenvalue weighted by atomic mass is 10.1. The van der Waals surface area contributed by atoms with Crippen LogP contribution in [-0.2, 0) is 6.54 Å². The zero-order chi connectivity index (χ0) is 14.7. The highest BCUT2D eigenvalue weighted by Gasteiger charge is 2.30. The van der Waals surface area contributed by atoms with E-state index in [0.29, 0.717) is 23.7 Å². The minimum atomic E-state index is 0.128. The molecular weight excluding hydrogens is 280 g/mol. The summed E-state index contributed by atoms with van der Waals surface area (Å²) in [5.41, 5.74) is 1.27. The number of hydrogen-bond acceptors (Lipinski definition) is 4. The summed E-state index contributed by atoms with van der Waals surface area (Å²) in [6.07, 6.45) is 2.37. The molecule has 4 heteroatoms. The molecule has 2 aromatic rings. The van der Waals surface area contributed by atoms with Gasteiger partial charge in [0.25, 0.3) is 0 Å². The summed E-state index contributed by atoms with van der Waals surface area (Å²) in [7, 11) is 0. The van der Waals surface area contributed by atoms with Gasteiger partial charge in [0.1, 0.15) is 0 Å². The molecule has 0 spiro atoms. The van der Waals surface area contributed by atoms with Crippen molar-refractivity contribution in [3.8, 4) is 6.07 Å². The largest absolute Gasteiger partial charge is 0.293 e. The number of carbonyl (C=O) groups is 1. The van der Waals surface area contributed by atoms with Crippen molar-refractivity contribution in [3.63, 3.8) is 0 Å². The third-order valence-electron chi connectivity index (χ3n) is 3.68. The second-order valence-corrected chi connectivity index (χ2v) is 6.36. The van der Waals surface area contributed by atoms with Gasteiger partial charge in [0.15, 0.2) is 5.78 Å². The molecule has 0 saturated heterocycles. The number of thiophene rings is 1. The maximum atomic E-state index is 12.4. The van der Waals surface area contributed by atoms with Crippen LogP contribution in [-0.4, -0.2) is 23.3 Å². The molecule has 0 unspecified atom stereocenters. The third kappa shape index (κ3) is 3.57. The van der Waals surface area contributed by atoms with E-state index in [0.717, 1.165) is 6.54 Å². The van der Waals surface area contributed by atoms with Crippen LogP contribution in [0.15, 0.2) is 41.8 Å². The fourth-order valence-electron chi connectivity index (χ4n) is 2.36. The number of carbonyl (C=O) groups excluding carboxylic acids is 1. The molecule has 1 aromatic heterocycles. The fraction of sp³-hybridized carbons (Fsp3) is 0.294. The standard InChI is InChI=1S/C17H16N2OS/c18-10-13-3-5-14(6-4-13)17(20)12-19(15-7-8-15)11-16-2-1-9-21-16/h1-6,9,15H,7-8,11-12H2. The van der Waals surface area contributed by atoms with Gasteiger partial charge in [-0.2, -0.15) is 5.26 Å². The SMILES string of the molecule is N#Cc1ccc(C(=O)CN(Cc2cccs2)C2CC2)cc1. The Kier molecular flexibility index (Phi) is 4.14. The van der Waals surface area contributed by atoms with Crippen LogP contribution in [0.25, 0.3) is 0 Å². The van der Waals surface area contributed by atoms with E-state index < -0.39 is 0 Å². The van der Waals surface area contributed by atoms with Crippen molar-refractivity contribution in [2.24, 2.45) is 0 Å². The summed E-state index contributed by atoms with van der Waals surface area (Å²) in [6.45, 7) is 1.30. The third-order valence-corrected chi connectivity index (χ3v) is 4.55. The van der Waals surface area contributed by atoms with Gasteiger partial charge in [-0.1, -0.05) is 18.2 Å². The average Bonchev–Trinajstić information content (AvgIpc) is 3.24. The lowest BCUT2D eigenvalue weighted by molar-refractivity contribution is 0.0920. The Hall–Kier alpha value is -1.96. The second kappa shape index (κ2) is 6.21. The predicted octanol–water partition coefficient (Wildman–Crippen LogP) is 3.47. The minimum Gasteiger partial charge on any atom is -0.293 e. The Labute approximate surface area is 128 Å². The van der Waals surface area contributed by atoms with E-state index in [1.807, 2.05) is 6.07 Å². The van der Waals surface area contributed by atoms with Gasteiger partial charge >= 0.3 is 0 Å². The predicted molar refractivity (Wildman–Crippen MR) is 83.2 cm³/mol. The van der Waals surface area contributed by atoms with Gasteiger partial charge in [-0.25, -0.2) is 0 Å². The van der Waals surface area contributed by atoms with Crippen LogP contribution in [0.4, 0.5) is 0 Å². The van der Waals surface area contributed by atoms with Crippen LogP contribution in [0.5, 0.6) is 0 Å². The van der Waals surface area contributed by atoms with Crippen molar-refractivity contribution in [1.29, 1.82) is 5.26 Å². The Morgan fingerprint density at radius 2 is 2.05 bits per heavy atom. The van der Waals surface area contributed by atoms with Gasteiger partial charge in [0.2, 0.25) is 0 Å². The van der Waals surface area contributed by atoms with Crippen molar-refractivity contribution >= 4 is 17.1 Å².